The first-order valence-corrected chi connectivity index (χ1v) is 8.60. The van der Waals surface area contributed by atoms with E-state index in [9.17, 15) is 14.6 Å². The molecule has 0 aromatic heterocycles. The van der Waals surface area contributed by atoms with Gasteiger partial charge < -0.3 is 20.1 Å². The first-order valence-electron chi connectivity index (χ1n) is 8.60. The summed E-state index contributed by atoms with van der Waals surface area (Å²) in [6.45, 7) is 3.65. The van der Waals surface area contributed by atoms with E-state index in [0.717, 1.165) is 29.7 Å². The van der Waals surface area contributed by atoms with Gasteiger partial charge in [-0.2, -0.15) is 0 Å². The Bertz CT molecular complexity index is 720. The summed E-state index contributed by atoms with van der Waals surface area (Å²) >= 11 is 0. The van der Waals surface area contributed by atoms with Gasteiger partial charge in [0, 0.05) is 11.8 Å². The Labute approximate surface area is 147 Å². The normalized spacial score (nSPS) is 21.1. The summed E-state index contributed by atoms with van der Waals surface area (Å²) in [6, 6.07) is 4.97. The van der Waals surface area contributed by atoms with Crippen LogP contribution in [0.3, 0.4) is 0 Å². The van der Waals surface area contributed by atoms with Crippen LogP contribution >= 0.6 is 0 Å². The average Bonchev–Trinajstić information content (AvgIpc) is 2.57. The molecule has 1 aromatic rings. The summed E-state index contributed by atoms with van der Waals surface area (Å²) in [5.74, 6) is 0.561. The van der Waals surface area contributed by atoms with Crippen molar-refractivity contribution in [1.29, 1.82) is 0 Å². The maximum absolute atomic E-state index is 13.5. The molecule has 3 rings (SSSR count). The van der Waals surface area contributed by atoms with Gasteiger partial charge in [0.25, 0.3) is 0 Å². The van der Waals surface area contributed by atoms with Gasteiger partial charge in [-0.3, -0.25) is 0 Å². The summed E-state index contributed by atoms with van der Waals surface area (Å²) in [4.78, 5) is 0. The van der Waals surface area contributed by atoms with Gasteiger partial charge in [0.05, 0.1) is 12.4 Å². The molecule has 0 bridgehead atoms. The van der Waals surface area contributed by atoms with Crippen molar-refractivity contribution in [3.05, 3.63) is 58.1 Å². The zero-order chi connectivity index (χ0) is 18.2. The second-order valence-corrected chi connectivity index (χ2v) is 7.49. The molecule has 4 nitrogen and oxygen atoms in total. The van der Waals surface area contributed by atoms with Crippen molar-refractivity contribution in [2.75, 3.05) is 13.2 Å². The van der Waals surface area contributed by atoms with Crippen molar-refractivity contribution in [2.45, 2.75) is 45.3 Å². The van der Waals surface area contributed by atoms with Crippen molar-refractivity contribution < 1.29 is 24.4 Å². The van der Waals surface area contributed by atoms with Crippen LogP contribution in [0.5, 0.6) is 0 Å². The highest BCUT2D eigenvalue weighted by Crippen LogP contribution is 2.44. The minimum atomic E-state index is -1.21. The number of aliphatic hydroxyl groups excluding tert-OH is 3. The van der Waals surface area contributed by atoms with Gasteiger partial charge in [-0.15, -0.1) is 0 Å². The molecular formula is C20H25FO4. The number of rotatable bonds is 5. The summed E-state index contributed by atoms with van der Waals surface area (Å²) < 4.78 is 19.2. The zero-order valence-corrected chi connectivity index (χ0v) is 14.6. The fourth-order valence-corrected chi connectivity index (χ4v) is 3.70. The Morgan fingerprint density at radius 3 is 2.60 bits per heavy atom. The molecule has 25 heavy (non-hydrogen) atoms. The highest BCUT2D eigenvalue weighted by atomic mass is 19.1. The van der Waals surface area contributed by atoms with Crippen LogP contribution in [-0.2, 0) is 17.6 Å². The van der Waals surface area contributed by atoms with Crippen molar-refractivity contribution in [1.82, 2.24) is 0 Å². The third kappa shape index (κ3) is 3.78. The lowest BCUT2D eigenvalue weighted by Crippen LogP contribution is -2.33. The number of allylic oxidation sites excluding steroid dienone is 3. The summed E-state index contributed by atoms with van der Waals surface area (Å²) in [7, 11) is 0. The minimum Gasteiger partial charge on any atom is -0.495 e. The van der Waals surface area contributed by atoms with E-state index in [2.05, 4.69) is 13.8 Å². The second kappa shape index (κ2) is 6.90. The zero-order valence-electron chi connectivity index (χ0n) is 14.6. The molecule has 0 aliphatic heterocycles. The lowest BCUT2D eigenvalue weighted by molar-refractivity contribution is -0.0461. The lowest BCUT2D eigenvalue weighted by atomic mass is 9.69. The van der Waals surface area contributed by atoms with Crippen LogP contribution in [0.4, 0.5) is 4.39 Å². The van der Waals surface area contributed by atoms with E-state index in [1.54, 1.807) is 6.07 Å². The molecule has 0 amide bonds. The van der Waals surface area contributed by atoms with E-state index in [0.29, 0.717) is 6.42 Å². The molecule has 2 atom stereocenters. The van der Waals surface area contributed by atoms with E-state index < -0.39 is 18.8 Å². The van der Waals surface area contributed by atoms with Gasteiger partial charge in [0.2, 0.25) is 0 Å². The number of aliphatic hydroxyl groups is 3. The molecule has 0 saturated carbocycles. The highest BCUT2D eigenvalue weighted by Gasteiger charge is 2.33. The molecular weight excluding hydrogens is 323 g/mol. The molecule has 0 spiro atoms. The Morgan fingerprint density at radius 1 is 1.12 bits per heavy atom. The van der Waals surface area contributed by atoms with Crippen LogP contribution in [-0.4, -0.2) is 40.7 Å². The fraction of sp³-hybridized carbons (Fsp3) is 0.500. The molecule has 2 aliphatic rings. The molecule has 136 valence electrons. The van der Waals surface area contributed by atoms with Crippen molar-refractivity contribution >= 4 is 0 Å². The van der Waals surface area contributed by atoms with Crippen LogP contribution in [0.15, 0.2) is 41.2 Å². The van der Waals surface area contributed by atoms with Crippen molar-refractivity contribution in [3.63, 3.8) is 0 Å². The maximum atomic E-state index is 13.5. The molecule has 0 saturated heterocycles. The molecule has 0 fully saturated rings. The van der Waals surface area contributed by atoms with E-state index in [-0.39, 0.29) is 17.8 Å². The summed E-state index contributed by atoms with van der Waals surface area (Å²) in [5.41, 5.74) is 4.56. The third-order valence-corrected chi connectivity index (χ3v) is 5.12. The SMILES string of the molecule is CC1(C)C=C(OC[C@@H](O)[C@H](O)CO)CC2=C1Cc1cc(F)ccc1C2. The third-order valence-electron chi connectivity index (χ3n) is 5.12. The number of halogens is 1. The number of fused-ring (bicyclic) bond motifs is 1. The molecule has 0 unspecified atom stereocenters. The average molecular weight is 348 g/mol. The van der Waals surface area contributed by atoms with Gasteiger partial charge in [0.1, 0.15) is 24.6 Å². The van der Waals surface area contributed by atoms with E-state index in [1.165, 1.54) is 17.2 Å². The number of hydrogen-bond acceptors (Lipinski definition) is 4. The Kier molecular flexibility index (Phi) is 5.00. The predicted molar refractivity (Wildman–Crippen MR) is 92.4 cm³/mol. The van der Waals surface area contributed by atoms with Gasteiger partial charge in [-0.25, -0.2) is 4.39 Å². The maximum Gasteiger partial charge on any atom is 0.123 e. The van der Waals surface area contributed by atoms with Crippen LogP contribution in [0.25, 0.3) is 0 Å². The van der Waals surface area contributed by atoms with E-state index in [1.807, 2.05) is 12.1 Å². The first-order chi connectivity index (χ1) is 11.8. The molecule has 3 N–H and O–H groups in total. The van der Waals surface area contributed by atoms with Gasteiger partial charge in [0.15, 0.2) is 0 Å². The smallest absolute Gasteiger partial charge is 0.123 e. The van der Waals surface area contributed by atoms with Crippen LogP contribution in [0.1, 0.15) is 31.4 Å². The van der Waals surface area contributed by atoms with Crippen LogP contribution in [0, 0.1) is 11.2 Å². The van der Waals surface area contributed by atoms with Gasteiger partial charge in [-0.05, 0) is 42.2 Å². The quantitative estimate of drug-likeness (QED) is 0.714. The van der Waals surface area contributed by atoms with E-state index in [4.69, 9.17) is 9.84 Å². The van der Waals surface area contributed by atoms with Crippen molar-refractivity contribution in [2.24, 2.45) is 5.41 Å². The summed E-state index contributed by atoms with van der Waals surface area (Å²) in [6.07, 6.45) is 1.87. The van der Waals surface area contributed by atoms with Crippen LogP contribution < -0.4 is 0 Å². The fourth-order valence-electron chi connectivity index (χ4n) is 3.70. The van der Waals surface area contributed by atoms with Gasteiger partial charge >= 0.3 is 0 Å². The number of hydrogen-bond donors (Lipinski definition) is 3. The Hall–Kier alpha value is -1.69. The predicted octanol–water partition coefficient (Wildman–Crippen LogP) is 2.27. The lowest BCUT2D eigenvalue weighted by Gasteiger charge is -2.37. The van der Waals surface area contributed by atoms with Gasteiger partial charge in [-0.1, -0.05) is 31.1 Å². The molecule has 0 radical (unpaired) electrons. The first kappa shape index (κ1) is 18.1. The molecule has 5 heteroatoms. The highest BCUT2D eigenvalue weighted by molar-refractivity contribution is 5.47. The largest absolute Gasteiger partial charge is 0.495 e. The number of ether oxygens (including phenoxy) is 1. The van der Waals surface area contributed by atoms with E-state index >= 15 is 0 Å². The molecule has 1 aromatic carbocycles. The standard InChI is InChI=1S/C20H25FO4/c1-20(2)9-16(25-11-19(24)18(23)10-22)7-14-5-12-3-4-15(21)6-13(12)8-17(14)20/h3-4,6,9,18-19,22-24H,5,7-8,10-11H2,1-2H3/t18-,19-/m1/s1. The van der Waals surface area contributed by atoms with Crippen LogP contribution in [0.2, 0.25) is 0 Å². The minimum absolute atomic E-state index is 0.0615. The topological polar surface area (TPSA) is 69.9 Å². The summed E-state index contributed by atoms with van der Waals surface area (Å²) in [5, 5.41) is 28.1. The van der Waals surface area contributed by atoms with Crippen molar-refractivity contribution in [3.8, 4) is 0 Å². The monoisotopic (exact) mass is 348 g/mol. The Balaban J connectivity index is 1.75. The molecule has 0 heterocycles. The number of benzene rings is 1. The molecule has 2 aliphatic carbocycles. The second-order valence-electron chi connectivity index (χ2n) is 7.49. The Morgan fingerprint density at radius 2 is 1.88 bits per heavy atom.